The van der Waals surface area contributed by atoms with Gasteiger partial charge in [0.05, 0.1) is 13.2 Å². The predicted molar refractivity (Wildman–Crippen MR) is 117 cm³/mol. The highest BCUT2D eigenvalue weighted by Crippen LogP contribution is 2.17. The van der Waals surface area contributed by atoms with Gasteiger partial charge in [-0.15, -0.1) is 0 Å². The Balaban J connectivity index is 1.42. The highest BCUT2D eigenvalue weighted by molar-refractivity contribution is 5.56. The van der Waals surface area contributed by atoms with Crippen molar-refractivity contribution in [2.24, 2.45) is 0 Å². The quantitative estimate of drug-likeness (QED) is 0.629. The topological polar surface area (TPSA) is 83.1 Å². The third-order valence-electron chi connectivity index (χ3n) is 5.27. The zero-order valence-electron chi connectivity index (χ0n) is 17.2. The van der Waals surface area contributed by atoms with Crippen molar-refractivity contribution < 1.29 is 4.74 Å². The molecule has 4 rings (SSSR count). The smallest absolute Gasteiger partial charge is 0.251 e. The Morgan fingerprint density at radius 1 is 1.13 bits per heavy atom. The molecule has 0 radical (unpaired) electrons. The summed E-state index contributed by atoms with van der Waals surface area (Å²) in [5, 5.41) is 3.40. The van der Waals surface area contributed by atoms with Gasteiger partial charge in [0.15, 0.2) is 0 Å². The zero-order valence-corrected chi connectivity index (χ0v) is 17.2. The summed E-state index contributed by atoms with van der Waals surface area (Å²) >= 11 is 0. The molecule has 0 spiro atoms. The Labute approximate surface area is 176 Å². The SMILES string of the molecule is CCc1cc(=O)[nH]c(-c2ccc(NCc3ccccc3CN3CCOCC3)nc2)n1. The van der Waals surface area contributed by atoms with Crippen molar-refractivity contribution in [1.82, 2.24) is 19.9 Å². The summed E-state index contributed by atoms with van der Waals surface area (Å²) in [7, 11) is 0. The fraction of sp³-hybridized carbons (Fsp3) is 0.348. The van der Waals surface area contributed by atoms with E-state index >= 15 is 0 Å². The molecule has 30 heavy (non-hydrogen) atoms. The molecule has 1 aliphatic rings. The van der Waals surface area contributed by atoms with Crippen molar-refractivity contribution >= 4 is 5.82 Å². The Hall–Kier alpha value is -3.03. The Morgan fingerprint density at radius 2 is 1.93 bits per heavy atom. The van der Waals surface area contributed by atoms with Gasteiger partial charge in [-0.1, -0.05) is 31.2 Å². The number of rotatable bonds is 7. The third-order valence-corrected chi connectivity index (χ3v) is 5.27. The van der Waals surface area contributed by atoms with Crippen LogP contribution in [0.15, 0.2) is 53.5 Å². The van der Waals surface area contributed by atoms with Gasteiger partial charge in [0.25, 0.3) is 5.56 Å². The van der Waals surface area contributed by atoms with Gasteiger partial charge in [-0.2, -0.15) is 0 Å². The lowest BCUT2D eigenvalue weighted by Crippen LogP contribution is -2.35. The summed E-state index contributed by atoms with van der Waals surface area (Å²) in [6.45, 7) is 7.16. The van der Waals surface area contributed by atoms with E-state index in [0.717, 1.165) is 49.9 Å². The van der Waals surface area contributed by atoms with E-state index in [1.54, 1.807) is 6.20 Å². The second-order valence-corrected chi connectivity index (χ2v) is 7.38. The number of benzene rings is 1. The van der Waals surface area contributed by atoms with Crippen molar-refractivity contribution in [3.05, 3.63) is 75.8 Å². The first-order valence-electron chi connectivity index (χ1n) is 10.4. The number of aromatic amines is 1. The minimum Gasteiger partial charge on any atom is -0.379 e. The second kappa shape index (κ2) is 9.65. The largest absolute Gasteiger partial charge is 0.379 e. The molecule has 1 aromatic carbocycles. The van der Waals surface area contributed by atoms with Crippen LogP contribution in [0.3, 0.4) is 0 Å². The number of pyridine rings is 1. The normalized spacial score (nSPS) is 14.6. The van der Waals surface area contributed by atoms with E-state index in [-0.39, 0.29) is 5.56 Å². The van der Waals surface area contributed by atoms with Crippen molar-refractivity contribution in [1.29, 1.82) is 0 Å². The van der Waals surface area contributed by atoms with Gasteiger partial charge in [0.1, 0.15) is 11.6 Å². The molecule has 156 valence electrons. The lowest BCUT2D eigenvalue weighted by molar-refractivity contribution is 0.0341. The number of hydrogen-bond donors (Lipinski definition) is 2. The fourth-order valence-electron chi connectivity index (χ4n) is 3.53. The van der Waals surface area contributed by atoms with Crippen molar-refractivity contribution in [3.63, 3.8) is 0 Å². The maximum absolute atomic E-state index is 11.8. The van der Waals surface area contributed by atoms with Crippen LogP contribution in [0.1, 0.15) is 23.7 Å². The number of aromatic nitrogens is 3. The maximum Gasteiger partial charge on any atom is 0.251 e. The molecule has 2 N–H and O–H groups in total. The molecule has 0 bridgehead atoms. The lowest BCUT2D eigenvalue weighted by atomic mass is 10.1. The third kappa shape index (κ3) is 5.11. The van der Waals surface area contributed by atoms with Gasteiger partial charge in [0, 0.05) is 49.7 Å². The van der Waals surface area contributed by atoms with Crippen LogP contribution in [0.4, 0.5) is 5.82 Å². The van der Waals surface area contributed by atoms with Gasteiger partial charge < -0.3 is 15.0 Å². The predicted octanol–water partition coefficient (Wildman–Crippen LogP) is 2.84. The zero-order chi connectivity index (χ0) is 20.8. The molecule has 0 atom stereocenters. The lowest BCUT2D eigenvalue weighted by Gasteiger charge is -2.27. The molecule has 0 amide bonds. The summed E-state index contributed by atoms with van der Waals surface area (Å²) in [5.41, 5.74) is 4.00. The Morgan fingerprint density at radius 3 is 2.67 bits per heavy atom. The van der Waals surface area contributed by atoms with E-state index in [2.05, 4.69) is 49.4 Å². The molecule has 0 unspecified atom stereocenters. The van der Waals surface area contributed by atoms with E-state index in [0.29, 0.717) is 18.8 Å². The maximum atomic E-state index is 11.8. The minimum atomic E-state index is -0.143. The molecule has 0 saturated carbocycles. The summed E-state index contributed by atoms with van der Waals surface area (Å²) in [5.74, 6) is 1.34. The van der Waals surface area contributed by atoms with E-state index in [4.69, 9.17) is 4.74 Å². The number of nitrogens with one attached hydrogen (secondary N) is 2. The van der Waals surface area contributed by atoms with Crippen LogP contribution in [0.25, 0.3) is 11.4 Å². The molecule has 2 aromatic heterocycles. The average Bonchev–Trinajstić information content (AvgIpc) is 2.79. The highest BCUT2D eigenvalue weighted by atomic mass is 16.5. The van der Waals surface area contributed by atoms with Gasteiger partial charge in [0.2, 0.25) is 0 Å². The van der Waals surface area contributed by atoms with Crippen molar-refractivity contribution in [2.45, 2.75) is 26.4 Å². The van der Waals surface area contributed by atoms with E-state index < -0.39 is 0 Å². The number of ether oxygens (including phenoxy) is 1. The minimum absolute atomic E-state index is 0.143. The van der Waals surface area contributed by atoms with Crippen LogP contribution >= 0.6 is 0 Å². The van der Waals surface area contributed by atoms with Crippen LogP contribution in [-0.4, -0.2) is 46.2 Å². The highest BCUT2D eigenvalue weighted by Gasteiger charge is 2.12. The number of anilines is 1. The van der Waals surface area contributed by atoms with Crippen LogP contribution in [-0.2, 0) is 24.2 Å². The van der Waals surface area contributed by atoms with Crippen LogP contribution < -0.4 is 10.9 Å². The van der Waals surface area contributed by atoms with Crippen LogP contribution in [0.2, 0.25) is 0 Å². The second-order valence-electron chi connectivity index (χ2n) is 7.38. The Bertz CT molecular complexity index is 1030. The Kier molecular flexibility index (Phi) is 6.51. The van der Waals surface area contributed by atoms with Crippen LogP contribution in [0, 0.1) is 0 Å². The first kappa shape index (κ1) is 20.3. The number of morpholine rings is 1. The van der Waals surface area contributed by atoms with E-state index in [9.17, 15) is 4.79 Å². The molecule has 1 saturated heterocycles. The number of H-pyrrole nitrogens is 1. The molecular weight excluding hydrogens is 378 g/mol. The molecule has 7 heteroatoms. The van der Waals surface area contributed by atoms with Crippen molar-refractivity contribution in [3.8, 4) is 11.4 Å². The number of nitrogens with zero attached hydrogens (tertiary/aromatic N) is 3. The molecule has 1 aliphatic heterocycles. The first-order valence-corrected chi connectivity index (χ1v) is 10.4. The molecule has 3 aromatic rings. The molecule has 3 heterocycles. The van der Waals surface area contributed by atoms with Gasteiger partial charge >= 0.3 is 0 Å². The van der Waals surface area contributed by atoms with Crippen molar-refractivity contribution in [2.75, 3.05) is 31.6 Å². The number of hydrogen-bond acceptors (Lipinski definition) is 6. The number of aryl methyl sites for hydroxylation is 1. The van der Waals surface area contributed by atoms with Gasteiger partial charge in [-0.05, 0) is 29.7 Å². The molecule has 0 aliphatic carbocycles. The summed E-state index contributed by atoms with van der Waals surface area (Å²) in [6, 6.07) is 13.9. The monoisotopic (exact) mass is 405 g/mol. The van der Waals surface area contributed by atoms with Gasteiger partial charge in [-0.3, -0.25) is 9.69 Å². The van der Waals surface area contributed by atoms with E-state index in [1.807, 2.05) is 19.1 Å². The molecular formula is C23H27N5O2. The summed E-state index contributed by atoms with van der Waals surface area (Å²) < 4.78 is 5.45. The standard InChI is InChI=1S/C23H27N5O2/c1-2-20-13-22(29)27-23(26-20)18-7-8-21(25-15-18)24-14-17-5-3-4-6-19(17)16-28-9-11-30-12-10-28/h3-8,13,15H,2,9-12,14,16H2,1H3,(H,24,25)(H,26,27,29). The summed E-state index contributed by atoms with van der Waals surface area (Å²) in [4.78, 5) is 26.0. The molecule has 1 fully saturated rings. The fourth-order valence-corrected chi connectivity index (χ4v) is 3.53. The first-order chi connectivity index (χ1) is 14.7. The molecule has 7 nitrogen and oxygen atoms in total. The van der Waals surface area contributed by atoms with E-state index in [1.165, 1.54) is 17.2 Å². The van der Waals surface area contributed by atoms with Gasteiger partial charge in [-0.25, -0.2) is 9.97 Å². The summed E-state index contributed by atoms with van der Waals surface area (Å²) in [6.07, 6.45) is 2.45. The average molecular weight is 406 g/mol. The van der Waals surface area contributed by atoms with Crippen LogP contribution in [0.5, 0.6) is 0 Å².